The van der Waals surface area contributed by atoms with Crippen LogP contribution in [0.3, 0.4) is 0 Å². The minimum absolute atomic E-state index is 0.0891. The number of nitrogens with zero attached hydrogens (tertiary/aromatic N) is 2. The molecule has 0 fully saturated rings. The second-order valence-electron chi connectivity index (χ2n) is 9.23. The third kappa shape index (κ3) is 6.60. The molecule has 8 nitrogen and oxygen atoms in total. The molecule has 8 heteroatoms. The number of anilines is 1. The van der Waals surface area contributed by atoms with Gasteiger partial charge in [0.1, 0.15) is 0 Å². The number of guanidine groups is 1. The molecule has 0 radical (unpaired) electrons. The Balaban J connectivity index is 0.00000115. The monoisotopic (exact) mass is 487 g/mol. The number of carbonyl (C=O) groups excluding carboxylic acids is 1. The number of nitrogens with one attached hydrogen (secondary N) is 3. The molecular formula is C28H37N7O. The van der Waals surface area contributed by atoms with Crippen LogP contribution >= 0.6 is 0 Å². The number of rotatable bonds is 4. The molecule has 0 atom stereocenters. The fraction of sp³-hybridized carbons (Fsp3) is 0.321. The van der Waals surface area contributed by atoms with E-state index in [1.165, 1.54) is 16.7 Å². The summed E-state index contributed by atoms with van der Waals surface area (Å²) in [6.45, 7) is 7.47. The zero-order valence-corrected chi connectivity index (χ0v) is 21.4. The van der Waals surface area contributed by atoms with Gasteiger partial charge in [0.05, 0.1) is 6.34 Å². The highest BCUT2D eigenvalue weighted by Crippen LogP contribution is 2.28. The molecule has 0 spiro atoms. The maximum atomic E-state index is 13.0. The molecule has 0 aliphatic carbocycles. The average Bonchev–Trinajstić information content (AvgIpc) is 2.86. The molecule has 0 unspecified atom stereocenters. The van der Waals surface area contributed by atoms with E-state index in [2.05, 4.69) is 53.3 Å². The summed E-state index contributed by atoms with van der Waals surface area (Å²) < 4.78 is 0. The summed E-state index contributed by atoms with van der Waals surface area (Å²) in [7, 11) is 2.14. The van der Waals surface area contributed by atoms with E-state index in [9.17, 15) is 4.79 Å². The van der Waals surface area contributed by atoms with Gasteiger partial charge in [0, 0.05) is 37.4 Å². The molecule has 2 aromatic carbocycles. The first kappa shape index (κ1) is 26.7. The summed E-state index contributed by atoms with van der Waals surface area (Å²) in [6.07, 6.45) is 7.05. The number of carbonyl (C=O) groups is 1. The fourth-order valence-electron chi connectivity index (χ4n) is 4.49. The van der Waals surface area contributed by atoms with Crippen LogP contribution in [0.5, 0.6) is 0 Å². The van der Waals surface area contributed by atoms with Crippen molar-refractivity contribution in [1.29, 1.82) is 10.8 Å². The molecule has 2 aliphatic rings. The lowest BCUT2D eigenvalue weighted by Crippen LogP contribution is -2.39. The van der Waals surface area contributed by atoms with Crippen molar-refractivity contribution >= 4 is 35.0 Å². The number of benzene rings is 2. The normalized spacial score (nSPS) is 15.7. The highest BCUT2D eigenvalue weighted by molar-refractivity contribution is 6.06. The van der Waals surface area contributed by atoms with E-state index in [1.54, 1.807) is 0 Å². The number of likely N-dealkylation sites (N-methyl/N-ethyl adjacent to an activating group) is 1. The summed E-state index contributed by atoms with van der Waals surface area (Å²) in [6, 6.07) is 12.3. The van der Waals surface area contributed by atoms with Crippen LogP contribution in [0, 0.1) is 24.7 Å². The van der Waals surface area contributed by atoms with Crippen LogP contribution in [0.25, 0.3) is 11.1 Å². The Hall–Kier alpha value is -3.91. The zero-order chi connectivity index (χ0) is 26.2. The van der Waals surface area contributed by atoms with Crippen LogP contribution in [0.15, 0.2) is 48.6 Å². The van der Waals surface area contributed by atoms with Gasteiger partial charge in [-0.15, -0.1) is 0 Å². The Morgan fingerprint density at radius 3 is 2.06 bits per heavy atom. The molecular weight excluding hydrogens is 450 g/mol. The van der Waals surface area contributed by atoms with Crippen molar-refractivity contribution in [3.63, 3.8) is 0 Å². The summed E-state index contributed by atoms with van der Waals surface area (Å²) in [5.41, 5.74) is 18.5. The van der Waals surface area contributed by atoms with E-state index in [-0.39, 0.29) is 11.9 Å². The lowest BCUT2D eigenvalue weighted by atomic mass is 9.95. The van der Waals surface area contributed by atoms with Gasteiger partial charge in [0.2, 0.25) is 0 Å². The molecule has 2 heterocycles. The van der Waals surface area contributed by atoms with Crippen molar-refractivity contribution < 1.29 is 4.79 Å². The molecule has 190 valence electrons. The van der Waals surface area contributed by atoms with Crippen molar-refractivity contribution in [2.75, 3.05) is 38.5 Å². The van der Waals surface area contributed by atoms with Gasteiger partial charge in [-0.1, -0.05) is 30.4 Å². The molecule has 36 heavy (non-hydrogen) atoms. The van der Waals surface area contributed by atoms with Crippen molar-refractivity contribution in [2.24, 2.45) is 11.5 Å². The minimum Gasteiger partial charge on any atom is -0.390 e. The van der Waals surface area contributed by atoms with Crippen LogP contribution in [-0.2, 0) is 0 Å². The Morgan fingerprint density at radius 2 is 1.56 bits per heavy atom. The van der Waals surface area contributed by atoms with Crippen molar-refractivity contribution in [3.05, 3.63) is 76.4 Å². The zero-order valence-electron chi connectivity index (χ0n) is 21.4. The van der Waals surface area contributed by atoms with Gasteiger partial charge in [-0.3, -0.25) is 15.6 Å². The lowest BCUT2D eigenvalue weighted by Gasteiger charge is -2.26. The van der Waals surface area contributed by atoms with Crippen LogP contribution < -0.4 is 16.8 Å². The topological polar surface area (TPSA) is 135 Å². The van der Waals surface area contributed by atoms with E-state index in [0.29, 0.717) is 12.1 Å². The van der Waals surface area contributed by atoms with Gasteiger partial charge >= 0.3 is 0 Å². The highest BCUT2D eigenvalue weighted by Gasteiger charge is 2.17. The maximum Gasteiger partial charge on any atom is 0.255 e. The predicted molar refractivity (Wildman–Crippen MR) is 149 cm³/mol. The second kappa shape index (κ2) is 12.2. The van der Waals surface area contributed by atoms with E-state index < -0.39 is 0 Å². The first-order chi connectivity index (χ1) is 17.2. The molecule has 0 saturated heterocycles. The lowest BCUT2D eigenvalue weighted by molar-refractivity contribution is 0.102. The average molecular weight is 488 g/mol. The molecule has 0 aromatic heterocycles. The number of hydrogen-bond acceptors (Lipinski definition) is 4. The summed E-state index contributed by atoms with van der Waals surface area (Å²) in [5.74, 6) is 0.0219. The molecule has 0 saturated carbocycles. The number of aryl methyl sites for hydroxylation is 2. The van der Waals surface area contributed by atoms with Crippen molar-refractivity contribution in [3.8, 4) is 0 Å². The largest absolute Gasteiger partial charge is 0.390 e. The molecule has 4 rings (SSSR count). The van der Waals surface area contributed by atoms with Gasteiger partial charge in [-0.05, 0) is 85.3 Å². The first-order valence-electron chi connectivity index (χ1n) is 12.1. The van der Waals surface area contributed by atoms with Gasteiger partial charge in [0.15, 0.2) is 5.96 Å². The summed E-state index contributed by atoms with van der Waals surface area (Å²) in [5, 5.41) is 16.5. The quantitative estimate of drug-likeness (QED) is 0.330. The SMILES string of the molecule is Cc1cc(C2=CCN(C)CC2)ccc1NC(=O)c1ccc(C2=CCN(C(=N)N)CC2)cc1C.N=CN. The maximum absolute atomic E-state index is 13.0. The fourth-order valence-corrected chi connectivity index (χ4v) is 4.49. The Bertz CT molecular complexity index is 1200. The van der Waals surface area contributed by atoms with Gasteiger partial charge in [-0.2, -0.15) is 0 Å². The Kier molecular flexibility index (Phi) is 9.02. The molecule has 1 amide bonds. The van der Waals surface area contributed by atoms with Crippen LogP contribution in [0.2, 0.25) is 0 Å². The van der Waals surface area contributed by atoms with Crippen molar-refractivity contribution in [1.82, 2.24) is 9.80 Å². The Labute approximate surface area is 213 Å². The molecule has 2 aromatic rings. The van der Waals surface area contributed by atoms with Crippen LogP contribution in [0.4, 0.5) is 5.69 Å². The van der Waals surface area contributed by atoms with Gasteiger partial charge in [-0.25, -0.2) is 0 Å². The van der Waals surface area contributed by atoms with Gasteiger partial charge in [0.25, 0.3) is 5.91 Å². The summed E-state index contributed by atoms with van der Waals surface area (Å²) in [4.78, 5) is 17.2. The molecule has 0 bridgehead atoms. The van der Waals surface area contributed by atoms with Crippen LogP contribution in [-0.4, -0.2) is 61.2 Å². The number of nitrogens with two attached hydrogens (primary N) is 2. The Morgan fingerprint density at radius 1 is 0.972 bits per heavy atom. The number of amides is 1. The summed E-state index contributed by atoms with van der Waals surface area (Å²) >= 11 is 0. The van der Waals surface area contributed by atoms with E-state index in [0.717, 1.165) is 61.2 Å². The molecule has 7 N–H and O–H groups in total. The van der Waals surface area contributed by atoms with E-state index in [4.69, 9.17) is 16.6 Å². The smallest absolute Gasteiger partial charge is 0.255 e. The first-order valence-corrected chi connectivity index (χ1v) is 12.1. The second-order valence-corrected chi connectivity index (χ2v) is 9.23. The standard InChI is InChI=1S/C27H33N5O.CH4N2/c1-18-16-22(21-10-14-32(15-11-21)27(28)29)4-6-24(18)26(33)30-25-7-5-23(17-19(25)2)20-8-12-31(3)13-9-20;2-1-3/h4-8,10,16-17H,9,11-15H2,1-3H3,(H3,28,29)(H,30,33);1H,(H3,2,3). The third-order valence-corrected chi connectivity index (χ3v) is 6.65. The van der Waals surface area contributed by atoms with Gasteiger partial charge < -0.3 is 26.6 Å². The van der Waals surface area contributed by atoms with E-state index >= 15 is 0 Å². The van der Waals surface area contributed by atoms with Crippen molar-refractivity contribution in [2.45, 2.75) is 26.7 Å². The third-order valence-electron chi connectivity index (χ3n) is 6.65. The van der Waals surface area contributed by atoms with Crippen LogP contribution in [0.1, 0.15) is 45.5 Å². The minimum atomic E-state index is -0.0891. The van der Waals surface area contributed by atoms with E-state index in [1.807, 2.05) is 36.9 Å². The predicted octanol–water partition coefficient (Wildman–Crippen LogP) is 3.81. The number of hydrogen-bond donors (Lipinski definition) is 5. The highest BCUT2D eigenvalue weighted by atomic mass is 16.1. The molecule has 2 aliphatic heterocycles.